The van der Waals surface area contributed by atoms with E-state index < -0.39 is 23.7 Å². The lowest BCUT2D eigenvalue weighted by Crippen LogP contribution is -2.15. The summed E-state index contributed by atoms with van der Waals surface area (Å²) in [5.74, 6) is -2.87. The third-order valence-electron chi connectivity index (χ3n) is 1.74. The van der Waals surface area contributed by atoms with Gasteiger partial charge in [-0.15, -0.1) is 11.8 Å². The van der Waals surface area contributed by atoms with E-state index in [1.54, 1.807) is 0 Å². The molecule has 1 atom stereocenters. The molecule has 2 N–H and O–H groups in total. The topological polar surface area (TPSA) is 57.5 Å². The van der Waals surface area contributed by atoms with Gasteiger partial charge >= 0.3 is 5.97 Å². The number of hydrogen-bond donors (Lipinski definition) is 2. The number of aliphatic hydroxyl groups excluding tert-OH is 1. The Bertz CT molecular complexity index is 384. The summed E-state index contributed by atoms with van der Waals surface area (Å²) in [6.45, 7) is 0. The zero-order valence-corrected chi connectivity index (χ0v) is 9.01. The van der Waals surface area contributed by atoms with Crippen molar-refractivity contribution in [1.29, 1.82) is 0 Å². The summed E-state index contributed by atoms with van der Waals surface area (Å²) in [4.78, 5) is 10.7. The van der Waals surface area contributed by atoms with Gasteiger partial charge < -0.3 is 10.2 Å². The maximum atomic E-state index is 12.8. The molecule has 0 aliphatic carbocycles. The van der Waals surface area contributed by atoms with Crippen LogP contribution in [0.1, 0.15) is 6.42 Å². The van der Waals surface area contributed by atoms with Gasteiger partial charge in [-0.2, -0.15) is 0 Å². The van der Waals surface area contributed by atoms with Gasteiger partial charge in [0.25, 0.3) is 0 Å². The second kappa shape index (κ2) is 5.81. The summed E-state index contributed by atoms with van der Waals surface area (Å²) in [6, 6.07) is 3.37. The molecule has 1 aromatic rings. The maximum absolute atomic E-state index is 12.8. The Morgan fingerprint density at radius 3 is 2.62 bits per heavy atom. The van der Waals surface area contributed by atoms with Gasteiger partial charge in [0.15, 0.2) is 11.6 Å². The molecule has 0 aliphatic heterocycles. The first kappa shape index (κ1) is 12.9. The standard InChI is InChI=1S/C10H10F2O3S/c11-8-2-1-7(4-9(8)12)16-5-6(13)3-10(14)15/h1-2,4,6,13H,3,5H2,(H,14,15). The van der Waals surface area contributed by atoms with E-state index in [0.29, 0.717) is 4.90 Å². The Morgan fingerprint density at radius 1 is 1.38 bits per heavy atom. The Balaban J connectivity index is 2.48. The lowest BCUT2D eigenvalue weighted by atomic mass is 10.3. The molecule has 1 aromatic carbocycles. The summed E-state index contributed by atoms with van der Waals surface area (Å²) >= 11 is 1.07. The lowest BCUT2D eigenvalue weighted by molar-refractivity contribution is -0.138. The molecule has 88 valence electrons. The summed E-state index contributed by atoms with van der Waals surface area (Å²) in [6.07, 6.45) is -1.37. The summed E-state index contributed by atoms with van der Waals surface area (Å²) in [5.41, 5.74) is 0. The highest BCUT2D eigenvalue weighted by atomic mass is 32.2. The van der Waals surface area contributed by atoms with Crippen molar-refractivity contribution in [1.82, 2.24) is 0 Å². The van der Waals surface area contributed by atoms with E-state index >= 15 is 0 Å². The summed E-state index contributed by atoms with van der Waals surface area (Å²) < 4.78 is 25.3. The Kier molecular flexibility index (Phi) is 4.70. The average Bonchev–Trinajstić information content (AvgIpc) is 2.19. The molecule has 16 heavy (non-hydrogen) atoms. The van der Waals surface area contributed by atoms with Gasteiger partial charge in [0.1, 0.15) is 0 Å². The number of hydrogen-bond acceptors (Lipinski definition) is 3. The number of rotatable bonds is 5. The number of aliphatic carboxylic acids is 1. The van der Waals surface area contributed by atoms with Gasteiger partial charge in [0.05, 0.1) is 12.5 Å². The predicted molar refractivity (Wildman–Crippen MR) is 55.3 cm³/mol. The normalized spacial score (nSPS) is 12.4. The van der Waals surface area contributed by atoms with Crippen molar-refractivity contribution in [3.63, 3.8) is 0 Å². The van der Waals surface area contributed by atoms with Gasteiger partial charge in [-0.25, -0.2) is 8.78 Å². The minimum atomic E-state index is -1.10. The molecule has 3 nitrogen and oxygen atoms in total. The lowest BCUT2D eigenvalue weighted by Gasteiger charge is -2.07. The van der Waals surface area contributed by atoms with Crippen LogP contribution >= 0.6 is 11.8 Å². The van der Waals surface area contributed by atoms with Gasteiger partial charge in [0, 0.05) is 10.6 Å². The van der Waals surface area contributed by atoms with Crippen LogP contribution in [0.3, 0.4) is 0 Å². The van der Waals surface area contributed by atoms with Gasteiger partial charge in [-0.05, 0) is 18.2 Å². The van der Waals surface area contributed by atoms with Crippen LogP contribution in [0.4, 0.5) is 8.78 Å². The zero-order chi connectivity index (χ0) is 12.1. The van der Waals surface area contributed by atoms with Crippen molar-refractivity contribution in [3.8, 4) is 0 Å². The third-order valence-corrected chi connectivity index (χ3v) is 2.88. The Hall–Kier alpha value is -1.14. The van der Waals surface area contributed by atoms with Gasteiger partial charge in [-0.1, -0.05) is 0 Å². The first-order valence-electron chi connectivity index (χ1n) is 4.46. The molecule has 0 fully saturated rings. The molecule has 0 aromatic heterocycles. The van der Waals surface area contributed by atoms with Crippen molar-refractivity contribution < 1.29 is 23.8 Å². The van der Waals surface area contributed by atoms with E-state index in [2.05, 4.69) is 0 Å². The molecule has 1 rings (SSSR count). The number of benzene rings is 1. The molecular weight excluding hydrogens is 238 g/mol. The van der Waals surface area contributed by atoms with Crippen molar-refractivity contribution >= 4 is 17.7 Å². The molecule has 0 aliphatic rings. The Morgan fingerprint density at radius 2 is 2.06 bits per heavy atom. The first-order valence-corrected chi connectivity index (χ1v) is 5.45. The number of carboxylic acids is 1. The molecule has 0 saturated carbocycles. The summed E-state index contributed by atoms with van der Waals surface area (Å²) in [7, 11) is 0. The molecule has 0 bridgehead atoms. The zero-order valence-electron chi connectivity index (χ0n) is 8.19. The van der Waals surface area contributed by atoms with Crippen molar-refractivity contribution in [3.05, 3.63) is 29.8 Å². The van der Waals surface area contributed by atoms with Crippen molar-refractivity contribution in [2.45, 2.75) is 17.4 Å². The summed E-state index contributed by atoms with van der Waals surface area (Å²) in [5, 5.41) is 17.6. The van der Waals surface area contributed by atoms with Crippen LogP contribution in [0, 0.1) is 11.6 Å². The van der Waals surface area contributed by atoms with Crippen LogP contribution < -0.4 is 0 Å². The largest absolute Gasteiger partial charge is 0.481 e. The first-order chi connectivity index (χ1) is 7.49. The van der Waals surface area contributed by atoms with E-state index in [9.17, 15) is 18.7 Å². The SMILES string of the molecule is O=C(O)CC(O)CSc1ccc(F)c(F)c1. The highest BCUT2D eigenvalue weighted by Crippen LogP contribution is 2.21. The second-order valence-electron chi connectivity index (χ2n) is 3.14. The maximum Gasteiger partial charge on any atom is 0.306 e. The van der Waals surface area contributed by atoms with Crippen LogP contribution in [0.5, 0.6) is 0 Å². The third kappa shape index (κ3) is 4.16. The number of carboxylic acid groups (broad SMARTS) is 1. The van der Waals surface area contributed by atoms with Crippen LogP contribution in [-0.4, -0.2) is 28.0 Å². The molecule has 1 unspecified atom stereocenters. The number of carbonyl (C=O) groups is 1. The monoisotopic (exact) mass is 248 g/mol. The van der Waals surface area contributed by atoms with E-state index in [1.807, 2.05) is 0 Å². The molecular formula is C10H10F2O3S. The van der Waals surface area contributed by atoms with Crippen molar-refractivity contribution in [2.24, 2.45) is 0 Å². The molecule has 0 spiro atoms. The fourth-order valence-electron chi connectivity index (χ4n) is 1.02. The fourth-order valence-corrected chi connectivity index (χ4v) is 1.87. The van der Waals surface area contributed by atoms with E-state index in [0.717, 1.165) is 23.9 Å². The van der Waals surface area contributed by atoms with Crippen LogP contribution in [0.2, 0.25) is 0 Å². The van der Waals surface area contributed by atoms with Crippen molar-refractivity contribution in [2.75, 3.05) is 5.75 Å². The minimum Gasteiger partial charge on any atom is -0.481 e. The van der Waals surface area contributed by atoms with Gasteiger partial charge in [-0.3, -0.25) is 4.79 Å². The predicted octanol–water partition coefficient (Wildman–Crippen LogP) is 1.89. The Labute approximate surface area is 95.1 Å². The number of halogens is 2. The molecule has 0 amide bonds. The van der Waals surface area contributed by atoms with E-state index in [4.69, 9.17) is 5.11 Å². The number of thioether (sulfide) groups is 1. The van der Waals surface area contributed by atoms with Crippen LogP contribution in [0.25, 0.3) is 0 Å². The number of aliphatic hydroxyl groups is 1. The van der Waals surface area contributed by atoms with Gasteiger partial charge in [0.2, 0.25) is 0 Å². The fraction of sp³-hybridized carbons (Fsp3) is 0.300. The molecule has 6 heteroatoms. The molecule has 0 heterocycles. The second-order valence-corrected chi connectivity index (χ2v) is 4.23. The van der Waals surface area contributed by atoms with E-state index in [-0.39, 0.29) is 12.2 Å². The minimum absolute atomic E-state index is 0.122. The smallest absolute Gasteiger partial charge is 0.306 e. The quantitative estimate of drug-likeness (QED) is 0.781. The highest BCUT2D eigenvalue weighted by Gasteiger charge is 2.10. The molecule has 0 saturated heterocycles. The van der Waals surface area contributed by atoms with Crippen LogP contribution in [-0.2, 0) is 4.79 Å². The average molecular weight is 248 g/mol. The highest BCUT2D eigenvalue weighted by molar-refractivity contribution is 7.99. The molecule has 0 radical (unpaired) electrons. The van der Waals surface area contributed by atoms with E-state index in [1.165, 1.54) is 6.07 Å². The van der Waals surface area contributed by atoms with Crippen LogP contribution in [0.15, 0.2) is 23.1 Å².